The molecule has 0 bridgehead atoms. The predicted octanol–water partition coefficient (Wildman–Crippen LogP) is 1.32. The predicted molar refractivity (Wildman–Crippen MR) is 73.7 cm³/mol. The summed E-state index contributed by atoms with van der Waals surface area (Å²) in [7, 11) is 1.64. The zero-order valence-electron chi connectivity index (χ0n) is 12.4. The molecule has 110 valence electrons. The number of likely N-dealkylation sites (tertiary alicyclic amines) is 1. The van der Waals surface area contributed by atoms with Gasteiger partial charge in [-0.15, -0.1) is 0 Å². The second-order valence-electron chi connectivity index (χ2n) is 5.06. The smallest absolute Gasteiger partial charge is 0.247 e. The lowest BCUT2D eigenvalue weighted by Crippen LogP contribution is -2.47. The zero-order valence-corrected chi connectivity index (χ0v) is 12.4. The standard InChI is InChI=1S/C14H26N2O3/c1-5-10(9-19-4)15-12-8-13(17)16(14(12)18)11(6-2)7-3/h10-12,15H,5-9H2,1-4H3. The Morgan fingerprint density at radius 3 is 2.37 bits per heavy atom. The molecule has 1 N–H and O–H groups in total. The monoisotopic (exact) mass is 270 g/mol. The van der Waals surface area contributed by atoms with E-state index in [0.717, 1.165) is 19.3 Å². The minimum Gasteiger partial charge on any atom is -0.383 e. The number of methoxy groups -OCH3 is 1. The lowest BCUT2D eigenvalue weighted by atomic mass is 10.1. The number of hydrogen-bond donors (Lipinski definition) is 1. The third-order valence-electron chi connectivity index (χ3n) is 3.79. The lowest BCUT2D eigenvalue weighted by molar-refractivity contribution is -0.141. The van der Waals surface area contributed by atoms with Gasteiger partial charge in [-0.2, -0.15) is 0 Å². The minimum atomic E-state index is -0.381. The first-order valence-corrected chi connectivity index (χ1v) is 7.19. The summed E-state index contributed by atoms with van der Waals surface area (Å²) in [6.07, 6.45) is 2.78. The first-order valence-electron chi connectivity index (χ1n) is 7.19. The van der Waals surface area contributed by atoms with Crippen LogP contribution in [0.15, 0.2) is 0 Å². The minimum absolute atomic E-state index is 0.0364. The van der Waals surface area contributed by atoms with Crippen LogP contribution in [0.5, 0.6) is 0 Å². The van der Waals surface area contributed by atoms with Crippen LogP contribution in [0.2, 0.25) is 0 Å². The molecular weight excluding hydrogens is 244 g/mol. The van der Waals surface area contributed by atoms with Gasteiger partial charge in [-0.1, -0.05) is 20.8 Å². The Kier molecular flexibility index (Phi) is 6.45. The van der Waals surface area contributed by atoms with Crippen LogP contribution >= 0.6 is 0 Å². The highest BCUT2D eigenvalue weighted by Crippen LogP contribution is 2.20. The molecule has 1 rings (SSSR count). The maximum atomic E-state index is 12.3. The Morgan fingerprint density at radius 1 is 1.26 bits per heavy atom. The molecule has 2 atom stereocenters. The Morgan fingerprint density at radius 2 is 1.89 bits per heavy atom. The summed E-state index contributed by atoms with van der Waals surface area (Å²) >= 11 is 0. The van der Waals surface area contributed by atoms with Gasteiger partial charge in [0.05, 0.1) is 19.1 Å². The average molecular weight is 270 g/mol. The summed E-state index contributed by atoms with van der Waals surface area (Å²) in [5.74, 6) is -0.128. The highest BCUT2D eigenvalue weighted by Gasteiger charge is 2.41. The van der Waals surface area contributed by atoms with Crippen molar-refractivity contribution in [3.63, 3.8) is 0 Å². The third kappa shape index (κ3) is 3.76. The fourth-order valence-electron chi connectivity index (χ4n) is 2.59. The quantitative estimate of drug-likeness (QED) is 0.676. The van der Waals surface area contributed by atoms with Gasteiger partial charge in [0.1, 0.15) is 0 Å². The molecule has 5 nitrogen and oxygen atoms in total. The summed E-state index contributed by atoms with van der Waals surface area (Å²) in [6.45, 7) is 6.61. The number of nitrogens with one attached hydrogen (secondary N) is 1. The van der Waals surface area contributed by atoms with Gasteiger partial charge in [0.2, 0.25) is 11.8 Å². The van der Waals surface area contributed by atoms with Gasteiger partial charge in [0.15, 0.2) is 0 Å². The Balaban J connectivity index is 2.69. The summed E-state index contributed by atoms with van der Waals surface area (Å²) < 4.78 is 5.11. The van der Waals surface area contributed by atoms with Crippen molar-refractivity contribution < 1.29 is 14.3 Å². The molecule has 2 unspecified atom stereocenters. The van der Waals surface area contributed by atoms with Gasteiger partial charge < -0.3 is 10.1 Å². The second kappa shape index (κ2) is 7.60. The lowest BCUT2D eigenvalue weighted by Gasteiger charge is -2.25. The second-order valence-corrected chi connectivity index (χ2v) is 5.06. The molecule has 0 radical (unpaired) electrons. The molecule has 0 aliphatic carbocycles. The van der Waals surface area contributed by atoms with Crippen LogP contribution in [0, 0.1) is 0 Å². The summed E-state index contributed by atoms with van der Waals surface area (Å²) in [5, 5.41) is 3.24. The van der Waals surface area contributed by atoms with E-state index in [4.69, 9.17) is 4.74 Å². The molecule has 0 spiro atoms. The molecule has 1 aliphatic rings. The molecule has 2 amide bonds. The van der Waals surface area contributed by atoms with Gasteiger partial charge in [-0.25, -0.2) is 0 Å². The van der Waals surface area contributed by atoms with E-state index in [9.17, 15) is 9.59 Å². The summed E-state index contributed by atoms with van der Waals surface area (Å²) in [5.41, 5.74) is 0. The van der Waals surface area contributed by atoms with Crippen molar-refractivity contribution in [3.8, 4) is 0 Å². The van der Waals surface area contributed by atoms with Gasteiger partial charge in [0, 0.05) is 19.2 Å². The number of amides is 2. The Labute approximate surface area is 115 Å². The van der Waals surface area contributed by atoms with E-state index in [1.54, 1.807) is 7.11 Å². The van der Waals surface area contributed by atoms with Crippen molar-refractivity contribution in [2.45, 2.75) is 64.6 Å². The molecule has 0 saturated carbocycles. The van der Waals surface area contributed by atoms with E-state index < -0.39 is 0 Å². The highest BCUT2D eigenvalue weighted by molar-refractivity contribution is 6.05. The molecule has 0 aromatic rings. The number of carbonyl (C=O) groups excluding carboxylic acids is 2. The van der Waals surface area contributed by atoms with Crippen molar-refractivity contribution >= 4 is 11.8 Å². The molecule has 1 saturated heterocycles. The van der Waals surface area contributed by atoms with Gasteiger partial charge >= 0.3 is 0 Å². The van der Waals surface area contributed by atoms with E-state index in [1.165, 1.54) is 4.90 Å². The average Bonchev–Trinajstić information content (AvgIpc) is 2.67. The molecule has 0 aromatic heterocycles. The van der Waals surface area contributed by atoms with Gasteiger partial charge in [-0.3, -0.25) is 14.5 Å². The van der Waals surface area contributed by atoms with Crippen molar-refractivity contribution in [2.75, 3.05) is 13.7 Å². The van der Waals surface area contributed by atoms with Crippen molar-refractivity contribution in [1.82, 2.24) is 10.2 Å². The number of carbonyl (C=O) groups is 2. The Bertz CT molecular complexity index is 316. The van der Waals surface area contributed by atoms with E-state index in [1.807, 2.05) is 20.8 Å². The first-order chi connectivity index (χ1) is 9.08. The highest BCUT2D eigenvalue weighted by atomic mass is 16.5. The molecular formula is C14H26N2O3. The van der Waals surface area contributed by atoms with Crippen molar-refractivity contribution in [1.29, 1.82) is 0 Å². The Hall–Kier alpha value is -0.940. The number of ether oxygens (including phenoxy) is 1. The van der Waals surface area contributed by atoms with E-state index in [0.29, 0.717) is 6.61 Å². The van der Waals surface area contributed by atoms with Crippen molar-refractivity contribution in [3.05, 3.63) is 0 Å². The van der Waals surface area contributed by atoms with Gasteiger partial charge in [-0.05, 0) is 19.3 Å². The fourth-order valence-corrected chi connectivity index (χ4v) is 2.59. The number of rotatable bonds is 8. The van der Waals surface area contributed by atoms with Gasteiger partial charge in [0.25, 0.3) is 0 Å². The molecule has 19 heavy (non-hydrogen) atoms. The number of imide groups is 1. The van der Waals surface area contributed by atoms with Crippen LogP contribution in [0.3, 0.4) is 0 Å². The molecule has 1 fully saturated rings. The molecule has 1 aliphatic heterocycles. The fraction of sp³-hybridized carbons (Fsp3) is 0.857. The largest absolute Gasteiger partial charge is 0.383 e. The van der Waals surface area contributed by atoms with Crippen LogP contribution < -0.4 is 5.32 Å². The summed E-state index contributed by atoms with van der Waals surface area (Å²) in [6, 6.07) is -0.226. The molecule has 1 heterocycles. The first kappa shape index (κ1) is 16.1. The third-order valence-corrected chi connectivity index (χ3v) is 3.79. The van der Waals surface area contributed by atoms with E-state index in [-0.39, 0.29) is 36.4 Å². The van der Waals surface area contributed by atoms with E-state index in [2.05, 4.69) is 5.32 Å². The zero-order chi connectivity index (χ0) is 14.4. The normalized spacial score (nSPS) is 21.5. The van der Waals surface area contributed by atoms with Crippen LogP contribution in [0.25, 0.3) is 0 Å². The number of nitrogens with zero attached hydrogens (tertiary/aromatic N) is 1. The van der Waals surface area contributed by atoms with Crippen LogP contribution in [-0.2, 0) is 14.3 Å². The SMILES string of the molecule is CCC(COC)NC1CC(=O)N(C(CC)CC)C1=O. The topological polar surface area (TPSA) is 58.6 Å². The summed E-state index contributed by atoms with van der Waals surface area (Å²) in [4.78, 5) is 25.8. The number of hydrogen-bond acceptors (Lipinski definition) is 4. The maximum Gasteiger partial charge on any atom is 0.247 e. The van der Waals surface area contributed by atoms with Crippen LogP contribution in [0.4, 0.5) is 0 Å². The van der Waals surface area contributed by atoms with Crippen LogP contribution in [0.1, 0.15) is 46.5 Å². The molecule has 5 heteroatoms. The van der Waals surface area contributed by atoms with E-state index >= 15 is 0 Å². The van der Waals surface area contributed by atoms with Crippen LogP contribution in [-0.4, -0.2) is 48.6 Å². The maximum absolute atomic E-state index is 12.3. The molecule has 0 aromatic carbocycles. The van der Waals surface area contributed by atoms with Crippen molar-refractivity contribution in [2.24, 2.45) is 0 Å².